The van der Waals surface area contributed by atoms with Gasteiger partial charge in [-0.05, 0) is 60.3 Å². The van der Waals surface area contributed by atoms with Gasteiger partial charge in [0, 0.05) is 35.1 Å². The summed E-state index contributed by atoms with van der Waals surface area (Å²) in [5.41, 5.74) is 2.60. The minimum atomic E-state index is -0.395. The van der Waals surface area contributed by atoms with Crippen LogP contribution in [0.3, 0.4) is 0 Å². The van der Waals surface area contributed by atoms with Crippen LogP contribution in [0.1, 0.15) is 15.9 Å². The summed E-state index contributed by atoms with van der Waals surface area (Å²) in [7, 11) is 1.72. The Bertz CT molecular complexity index is 1130. The number of nitrogens with one attached hydrogen (secondary N) is 2. The minimum Gasteiger partial charge on any atom is -0.332 e. The van der Waals surface area contributed by atoms with Crippen LogP contribution in [0, 0.1) is 0 Å². The summed E-state index contributed by atoms with van der Waals surface area (Å²) in [6.45, 7) is 0. The number of nitrogens with zero attached hydrogens (tertiary/aromatic N) is 1. The molecular formula is C24H20ClN3O2S. The minimum absolute atomic E-state index is 0.120. The zero-order valence-electron chi connectivity index (χ0n) is 16.7. The number of para-hydroxylation sites is 1. The van der Waals surface area contributed by atoms with Crippen LogP contribution in [0.5, 0.6) is 0 Å². The number of hydrogen-bond donors (Lipinski definition) is 2. The molecule has 0 saturated heterocycles. The van der Waals surface area contributed by atoms with E-state index in [2.05, 4.69) is 10.6 Å². The second-order valence-corrected chi connectivity index (χ2v) is 7.39. The number of amides is 2. The van der Waals surface area contributed by atoms with E-state index in [9.17, 15) is 9.59 Å². The molecule has 3 aromatic carbocycles. The van der Waals surface area contributed by atoms with Crippen molar-refractivity contribution < 1.29 is 9.59 Å². The zero-order chi connectivity index (χ0) is 22.2. The van der Waals surface area contributed by atoms with Crippen molar-refractivity contribution in [1.82, 2.24) is 5.32 Å². The van der Waals surface area contributed by atoms with Gasteiger partial charge in [-0.25, -0.2) is 0 Å². The van der Waals surface area contributed by atoms with E-state index in [0.29, 0.717) is 16.3 Å². The molecular weight excluding hydrogens is 430 g/mol. The highest BCUT2D eigenvalue weighted by Crippen LogP contribution is 2.18. The fraction of sp³-hybridized carbons (Fsp3) is 0.0417. The van der Waals surface area contributed by atoms with Crippen molar-refractivity contribution in [3.63, 3.8) is 0 Å². The standard InChI is InChI=1S/C24H20ClN3O2S/c1-28(20-11-3-2-4-12-20)23(30)18-9-7-10-19(16-18)26-24(31)27-22(29)15-14-17-8-5-6-13-21(17)25/h2-16H,1H3,(H2,26,27,29,31)/b15-14+. The molecule has 2 N–H and O–H groups in total. The molecule has 3 aromatic rings. The normalized spacial score (nSPS) is 10.5. The molecule has 3 rings (SSSR count). The molecule has 0 aliphatic rings. The number of anilines is 2. The zero-order valence-corrected chi connectivity index (χ0v) is 18.3. The van der Waals surface area contributed by atoms with E-state index in [1.54, 1.807) is 54.4 Å². The van der Waals surface area contributed by atoms with Crippen LogP contribution in [0.25, 0.3) is 6.08 Å². The van der Waals surface area contributed by atoms with Gasteiger partial charge in [-0.1, -0.05) is 54.1 Å². The van der Waals surface area contributed by atoms with E-state index in [-0.39, 0.29) is 11.0 Å². The molecule has 0 bridgehead atoms. The molecule has 0 heterocycles. The maximum atomic E-state index is 12.8. The second kappa shape index (κ2) is 10.5. The molecule has 0 spiro atoms. The van der Waals surface area contributed by atoms with Crippen molar-refractivity contribution in [2.24, 2.45) is 0 Å². The molecule has 0 aliphatic heterocycles. The van der Waals surface area contributed by atoms with Crippen LogP contribution in [0.2, 0.25) is 5.02 Å². The quantitative estimate of drug-likeness (QED) is 0.418. The van der Waals surface area contributed by atoms with Gasteiger partial charge in [-0.2, -0.15) is 0 Å². The number of thiocarbonyl (C=S) groups is 1. The van der Waals surface area contributed by atoms with Crippen LogP contribution in [-0.2, 0) is 4.79 Å². The predicted octanol–water partition coefficient (Wildman–Crippen LogP) is 5.14. The van der Waals surface area contributed by atoms with E-state index in [1.165, 1.54) is 6.08 Å². The highest BCUT2D eigenvalue weighted by Gasteiger charge is 2.14. The van der Waals surface area contributed by atoms with Crippen molar-refractivity contribution in [3.8, 4) is 0 Å². The van der Waals surface area contributed by atoms with Crippen LogP contribution in [0.15, 0.2) is 84.9 Å². The lowest BCUT2D eigenvalue weighted by Crippen LogP contribution is -2.33. The number of hydrogen-bond acceptors (Lipinski definition) is 3. The number of halogens is 1. The molecule has 0 unspecified atom stereocenters. The molecule has 0 saturated carbocycles. The molecule has 0 fully saturated rings. The molecule has 7 heteroatoms. The highest BCUT2D eigenvalue weighted by molar-refractivity contribution is 7.80. The lowest BCUT2D eigenvalue weighted by Gasteiger charge is -2.18. The van der Waals surface area contributed by atoms with Gasteiger partial charge in [0.1, 0.15) is 0 Å². The maximum absolute atomic E-state index is 12.8. The first-order valence-corrected chi connectivity index (χ1v) is 10.2. The first-order chi connectivity index (χ1) is 14.9. The van der Waals surface area contributed by atoms with Gasteiger partial charge in [0.05, 0.1) is 0 Å². The van der Waals surface area contributed by atoms with E-state index in [1.807, 2.05) is 42.5 Å². The molecule has 0 aliphatic carbocycles. The average molecular weight is 450 g/mol. The summed E-state index contributed by atoms with van der Waals surface area (Å²) in [6.07, 6.45) is 2.96. The van der Waals surface area contributed by atoms with Gasteiger partial charge < -0.3 is 10.2 Å². The van der Waals surface area contributed by atoms with Crippen LogP contribution in [-0.4, -0.2) is 24.0 Å². The smallest absolute Gasteiger partial charge is 0.258 e. The van der Waals surface area contributed by atoms with Crippen molar-refractivity contribution >= 4 is 58.2 Å². The van der Waals surface area contributed by atoms with E-state index in [4.69, 9.17) is 23.8 Å². The molecule has 31 heavy (non-hydrogen) atoms. The topological polar surface area (TPSA) is 61.4 Å². The van der Waals surface area contributed by atoms with Gasteiger partial charge >= 0.3 is 0 Å². The number of benzene rings is 3. The Kier molecular flexibility index (Phi) is 7.54. The number of carbonyl (C=O) groups is 2. The second-order valence-electron chi connectivity index (χ2n) is 6.58. The maximum Gasteiger partial charge on any atom is 0.258 e. The van der Waals surface area contributed by atoms with Crippen molar-refractivity contribution in [2.45, 2.75) is 0 Å². The SMILES string of the molecule is CN(C(=O)c1cccc(NC(=S)NC(=O)/C=C/c2ccccc2Cl)c1)c1ccccc1. The Labute approximate surface area is 191 Å². The number of rotatable bonds is 5. The number of carbonyl (C=O) groups excluding carboxylic acids is 2. The summed E-state index contributed by atoms with van der Waals surface area (Å²) in [5, 5.41) is 6.17. The highest BCUT2D eigenvalue weighted by atomic mass is 35.5. The van der Waals surface area contributed by atoms with Gasteiger partial charge in [0.2, 0.25) is 5.91 Å². The predicted molar refractivity (Wildman–Crippen MR) is 130 cm³/mol. The van der Waals surface area contributed by atoms with Crippen LogP contribution < -0.4 is 15.5 Å². The van der Waals surface area contributed by atoms with E-state index in [0.717, 1.165) is 11.3 Å². The largest absolute Gasteiger partial charge is 0.332 e. The van der Waals surface area contributed by atoms with E-state index < -0.39 is 5.91 Å². The average Bonchev–Trinajstić information content (AvgIpc) is 2.78. The van der Waals surface area contributed by atoms with Crippen molar-refractivity contribution in [2.75, 3.05) is 17.3 Å². The van der Waals surface area contributed by atoms with Gasteiger partial charge in [0.25, 0.3) is 5.91 Å². The van der Waals surface area contributed by atoms with Gasteiger partial charge in [-0.3, -0.25) is 14.9 Å². The summed E-state index contributed by atoms with van der Waals surface area (Å²) < 4.78 is 0. The molecule has 0 radical (unpaired) electrons. The summed E-state index contributed by atoms with van der Waals surface area (Å²) in [5.74, 6) is -0.555. The third-order valence-corrected chi connectivity index (χ3v) is 4.92. The summed E-state index contributed by atoms with van der Waals surface area (Å²) >= 11 is 11.3. The summed E-state index contributed by atoms with van der Waals surface area (Å²) in [4.78, 5) is 26.5. The first kappa shape index (κ1) is 22.2. The lowest BCUT2D eigenvalue weighted by atomic mass is 10.1. The van der Waals surface area contributed by atoms with Gasteiger partial charge in [0.15, 0.2) is 5.11 Å². The monoisotopic (exact) mass is 449 g/mol. The lowest BCUT2D eigenvalue weighted by molar-refractivity contribution is -0.115. The van der Waals surface area contributed by atoms with Crippen LogP contribution in [0.4, 0.5) is 11.4 Å². The molecule has 0 atom stereocenters. The molecule has 2 amide bonds. The van der Waals surface area contributed by atoms with Crippen molar-refractivity contribution in [3.05, 3.63) is 101 Å². The third kappa shape index (κ3) is 6.25. The van der Waals surface area contributed by atoms with Crippen LogP contribution >= 0.6 is 23.8 Å². The molecule has 0 aromatic heterocycles. The molecule has 5 nitrogen and oxygen atoms in total. The Hall–Kier alpha value is -3.48. The van der Waals surface area contributed by atoms with E-state index >= 15 is 0 Å². The Morgan fingerprint density at radius 2 is 1.68 bits per heavy atom. The third-order valence-electron chi connectivity index (χ3n) is 4.37. The fourth-order valence-corrected chi connectivity index (χ4v) is 3.20. The Balaban J connectivity index is 1.61. The van der Waals surface area contributed by atoms with Gasteiger partial charge in [-0.15, -0.1) is 0 Å². The summed E-state index contributed by atoms with van der Waals surface area (Å²) in [6, 6.07) is 23.5. The van der Waals surface area contributed by atoms with Crippen molar-refractivity contribution in [1.29, 1.82) is 0 Å². The Morgan fingerprint density at radius 1 is 0.968 bits per heavy atom. The first-order valence-electron chi connectivity index (χ1n) is 9.42. The molecule has 156 valence electrons. The fourth-order valence-electron chi connectivity index (χ4n) is 2.78. The Morgan fingerprint density at radius 3 is 2.42 bits per heavy atom.